The summed E-state index contributed by atoms with van der Waals surface area (Å²) in [6, 6.07) is 8.35. The minimum atomic E-state index is 0.814. The summed E-state index contributed by atoms with van der Waals surface area (Å²) in [7, 11) is 1.98. The molecule has 2 aromatic heterocycles. The van der Waals surface area contributed by atoms with Crippen molar-refractivity contribution in [1.82, 2.24) is 19.7 Å². The number of thiazole rings is 1. The predicted molar refractivity (Wildman–Crippen MR) is 87.6 cm³/mol. The summed E-state index contributed by atoms with van der Waals surface area (Å²) in [5, 5.41) is 12.4. The smallest absolute Gasteiger partial charge is 0.191 e. The Bertz CT molecular complexity index is 761. The Kier molecular flexibility index (Phi) is 4.07. The largest absolute Gasteiger partial charge is 0.309 e. The van der Waals surface area contributed by atoms with Gasteiger partial charge in [-0.3, -0.25) is 0 Å². The minimum Gasteiger partial charge on any atom is -0.309 e. The molecule has 0 saturated carbocycles. The fourth-order valence-corrected chi connectivity index (χ4v) is 3.83. The Balaban J connectivity index is 1.74. The summed E-state index contributed by atoms with van der Waals surface area (Å²) in [5.74, 6) is 1.74. The molecule has 0 amide bonds. The summed E-state index contributed by atoms with van der Waals surface area (Å²) in [6.07, 6.45) is 0. The fraction of sp³-hybridized carbons (Fsp3) is 0.267. The van der Waals surface area contributed by atoms with Crippen molar-refractivity contribution in [1.29, 1.82) is 0 Å². The standard InChI is InChI=1S/C15H16N4S2/c1-10-6-4-5-7-13(10)14-16-12(8-20-14)9-21-15-18-17-11(2)19(15)3/h4-8H,9H2,1-3H3. The zero-order valence-corrected chi connectivity index (χ0v) is 13.8. The zero-order valence-electron chi connectivity index (χ0n) is 12.2. The van der Waals surface area contributed by atoms with E-state index in [-0.39, 0.29) is 0 Å². The number of hydrogen-bond donors (Lipinski definition) is 0. The first-order valence-corrected chi connectivity index (χ1v) is 8.51. The average molecular weight is 316 g/mol. The number of aryl methyl sites for hydroxylation is 2. The quantitative estimate of drug-likeness (QED) is 0.686. The van der Waals surface area contributed by atoms with Gasteiger partial charge in [-0.1, -0.05) is 36.0 Å². The molecule has 6 heteroatoms. The van der Waals surface area contributed by atoms with Crippen molar-refractivity contribution in [2.75, 3.05) is 0 Å². The molecule has 1 aromatic carbocycles. The topological polar surface area (TPSA) is 43.6 Å². The predicted octanol–water partition coefficient (Wildman–Crippen LogP) is 3.85. The van der Waals surface area contributed by atoms with Crippen LogP contribution in [0.2, 0.25) is 0 Å². The number of thioether (sulfide) groups is 1. The monoisotopic (exact) mass is 316 g/mol. The molecule has 0 bridgehead atoms. The lowest BCUT2D eigenvalue weighted by atomic mass is 10.1. The lowest BCUT2D eigenvalue weighted by molar-refractivity contribution is 0.765. The highest BCUT2D eigenvalue weighted by Gasteiger charge is 2.10. The third kappa shape index (κ3) is 3.01. The molecule has 0 N–H and O–H groups in total. The highest BCUT2D eigenvalue weighted by atomic mass is 32.2. The molecule has 0 fully saturated rings. The van der Waals surface area contributed by atoms with Gasteiger partial charge in [0.05, 0.1) is 5.69 Å². The van der Waals surface area contributed by atoms with E-state index in [2.05, 4.69) is 46.8 Å². The van der Waals surface area contributed by atoms with Gasteiger partial charge in [0.15, 0.2) is 5.16 Å². The molecule has 0 atom stereocenters. The molecule has 4 nitrogen and oxygen atoms in total. The van der Waals surface area contributed by atoms with E-state index < -0.39 is 0 Å². The van der Waals surface area contributed by atoms with Gasteiger partial charge < -0.3 is 4.57 Å². The van der Waals surface area contributed by atoms with Crippen molar-refractivity contribution < 1.29 is 0 Å². The third-order valence-electron chi connectivity index (χ3n) is 3.33. The molecular weight excluding hydrogens is 300 g/mol. The Morgan fingerprint density at radius 3 is 2.71 bits per heavy atom. The molecule has 0 aliphatic carbocycles. The van der Waals surface area contributed by atoms with Gasteiger partial charge in [0.25, 0.3) is 0 Å². The first-order valence-electron chi connectivity index (χ1n) is 6.64. The van der Waals surface area contributed by atoms with E-state index in [0.29, 0.717) is 0 Å². The van der Waals surface area contributed by atoms with Gasteiger partial charge in [0.2, 0.25) is 0 Å². The molecular formula is C15H16N4S2. The number of aromatic nitrogens is 4. The van der Waals surface area contributed by atoms with Crippen molar-refractivity contribution in [2.24, 2.45) is 7.05 Å². The van der Waals surface area contributed by atoms with Gasteiger partial charge in [-0.2, -0.15) is 0 Å². The van der Waals surface area contributed by atoms with E-state index in [9.17, 15) is 0 Å². The normalized spacial score (nSPS) is 11.0. The molecule has 0 aliphatic rings. The van der Waals surface area contributed by atoms with Crippen LogP contribution in [0.3, 0.4) is 0 Å². The molecule has 3 aromatic rings. The van der Waals surface area contributed by atoms with E-state index in [4.69, 9.17) is 4.98 Å². The Hall–Kier alpha value is -1.66. The molecule has 0 aliphatic heterocycles. The maximum Gasteiger partial charge on any atom is 0.191 e. The fourth-order valence-electron chi connectivity index (χ4n) is 1.96. The lowest BCUT2D eigenvalue weighted by Crippen LogP contribution is -1.94. The van der Waals surface area contributed by atoms with Gasteiger partial charge >= 0.3 is 0 Å². The van der Waals surface area contributed by atoms with Gasteiger partial charge in [-0.25, -0.2) is 4.98 Å². The van der Waals surface area contributed by atoms with Crippen LogP contribution in [0.25, 0.3) is 10.6 Å². The van der Waals surface area contributed by atoms with Gasteiger partial charge in [0, 0.05) is 23.7 Å². The number of hydrogen-bond acceptors (Lipinski definition) is 5. The first kappa shape index (κ1) is 14.3. The number of nitrogens with zero attached hydrogens (tertiary/aromatic N) is 4. The SMILES string of the molecule is Cc1ccccc1-c1nc(CSc2nnc(C)n2C)cs1. The molecule has 108 valence electrons. The molecule has 0 unspecified atom stereocenters. The molecule has 0 radical (unpaired) electrons. The second kappa shape index (κ2) is 5.99. The summed E-state index contributed by atoms with van der Waals surface area (Å²) in [6.45, 7) is 4.07. The number of rotatable bonds is 4. The second-order valence-electron chi connectivity index (χ2n) is 4.84. The van der Waals surface area contributed by atoms with E-state index in [1.165, 1.54) is 11.1 Å². The van der Waals surface area contributed by atoms with Crippen molar-refractivity contribution in [2.45, 2.75) is 24.8 Å². The molecule has 0 saturated heterocycles. The first-order chi connectivity index (χ1) is 10.1. The average Bonchev–Trinajstić information content (AvgIpc) is 3.06. The Morgan fingerprint density at radius 2 is 2.00 bits per heavy atom. The van der Waals surface area contributed by atoms with E-state index in [0.717, 1.165) is 27.4 Å². The summed E-state index contributed by atoms with van der Waals surface area (Å²) in [5.41, 5.74) is 3.56. The maximum absolute atomic E-state index is 4.73. The summed E-state index contributed by atoms with van der Waals surface area (Å²) in [4.78, 5) is 4.73. The lowest BCUT2D eigenvalue weighted by Gasteiger charge is -2.01. The summed E-state index contributed by atoms with van der Waals surface area (Å²) < 4.78 is 2.00. The van der Waals surface area contributed by atoms with Crippen molar-refractivity contribution in [3.8, 4) is 10.6 Å². The molecule has 3 rings (SSSR count). The van der Waals surface area contributed by atoms with Crippen LogP contribution in [-0.2, 0) is 12.8 Å². The van der Waals surface area contributed by atoms with Crippen LogP contribution in [-0.4, -0.2) is 19.7 Å². The second-order valence-corrected chi connectivity index (χ2v) is 6.64. The van der Waals surface area contributed by atoms with Crippen LogP contribution in [0, 0.1) is 13.8 Å². The van der Waals surface area contributed by atoms with E-state index >= 15 is 0 Å². The summed E-state index contributed by atoms with van der Waals surface area (Å²) >= 11 is 3.36. The van der Waals surface area contributed by atoms with Crippen molar-refractivity contribution in [3.05, 3.63) is 46.7 Å². The number of benzene rings is 1. The van der Waals surface area contributed by atoms with Crippen LogP contribution >= 0.6 is 23.1 Å². The molecule has 2 heterocycles. The highest BCUT2D eigenvalue weighted by molar-refractivity contribution is 7.98. The minimum absolute atomic E-state index is 0.814. The van der Waals surface area contributed by atoms with Crippen LogP contribution < -0.4 is 0 Å². The van der Waals surface area contributed by atoms with Gasteiger partial charge in [-0.05, 0) is 19.4 Å². The zero-order chi connectivity index (χ0) is 14.8. The highest BCUT2D eigenvalue weighted by Crippen LogP contribution is 2.29. The molecule has 21 heavy (non-hydrogen) atoms. The van der Waals surface area contributed by atoms with E-state index in [1.807, 2.05) is 18.5 Å². The third-order valence-corrected chi connectivity index (χ3v) is 5.31. The van der Waals surface area contributed by atoms with Crippen LogP contribution in [0.4, 0.5) is 0 Å². The van der Waals surface area contributed by atoms with E-state index in [1.54, 1.807) is 23.1 Å². The van der Waals surface area contributed by atoms with Gasteiger partial charge in [-0.15, -0.1) is 21.5 Å². The van der Waals surface area contributed by atoms with Crippen LogP contribution in [0.1, 0.15) is 17.1 Å². The van der Waals surface area contributed by atoms with Crippen LogP contribution in [0.15, 0.2) is 34.8 Å². The Labute approximate surface area is 132 Å². The van der Waals surface area contributed by atoms with Gasteiger partial charge in [0.1, 0.15) is 10.8 Å². The maximum atomic E-state index is 4.73. The van der Waals surface area contributed by atoms with Crippen molar-refractivity contribution >= 4 is 23.1 Å². The van der Waals surface area contributed by atoms with Crippen LogP contribution in [0.5, 0.6) is 0 Å². The molecule has 0 spiro atoms. The Morgan fingerprint density at radius 1 is 1.19 bits per heavy atom. The van der Waals surface area contributed by atoms with Crippen molar-refractivity contribution in [3.63, 3.8) is 0 Å².